The number of carbonyl (C=O) groups is 1. The number of hydrogen-bond acceptors (Lipinski definition) is 4. The Morgan fingerprint density at radius 1 is 1.61 bits per heavy atom. The Balaban J connectivity index is 2.98. The molecule has 5 nitrogen and oxygen atoms in total. The first kappa shape index (κ1) is 14.3. The summed E-state index contributed by atoms with van der Waals surface area (Å²) in [4.78, 5) is 17.7. The number of halogens is 1. The van der Waals surface area contributed by atoms with E-state index in [1.165, 1.54) is 12.1 Å². The predicted molar refractivity (Wildman–Crippen MR) is 70.1 cm³/mol. The molecule has 0 aliphatic rings. The average molecular weight is 267 g/mol. The molecule has 1 aromatic heterocycles. The first-order chi connectivity index (χ1) is 8.45. The van der Waals surface area contributed by atoms with Crippen molar-refractivity contribution < 1.29 is 4.79 Å². The second-order valence-corrected chi connectivity index (χ2v) is 4.49. The summed E-state index contributed by atoms with van der Waals surface area (Å²) in [7, 11) is 0. The molecular formula is C12H15ClN4O. The molecule has 0 atom stereocenters. The molecule has 0 saturated carbocycles. The molecular weight excluding hydrogens is 252 g/mol. The van der Waals surface area contributed by atoms with Crippen molar-refractivity contribution in [3.63, 3.8) is 0 Å². The van der Waals surface area contributed by atoms with Gasteiger partial charge in [0.15, 0.2) is 0 Å². The molecule has 0 fully saturated rings. The number of aromatic nitrogens is 1. The zero-order valence-electron chi connectivity index (χ0n) is 10.4. The van der Waals surface area contributed by atoms with Gasteiger partial charge < -0.3 is 10.6 Å². The highest BCUT2D eigenvalue weighted by Gasteiger charge is 2.19. The van der Waals surface area contributed by atoms with E-state index < -0.39 is 0 Å². The maximum Gasteiger partial charge on any atom is 0.254 e. The fourth-order valence-electron chi connectivity index (χ4n) is 1.57. The summed E-state index contributed by atoms with van der Waals surface area (Å²) < 4.78 is 0. The highest BCUT2D eigenvalue weighted by molar-refractivity contribution is 6.29. The fraction of sp³-hybridized carbons (Fsp3) is 0.417. The van der Waals surface area contributed by atoms with Crippen LogP contribution in [-0.4, -0.2) is 28.4 Å². The summed E-state index contributed by atoms with van der Waals surface area (Å²) >= 11 is 5.77. The SMILES string of the molecule is CC(C)N(CCC#N)C(=O)c1cc(N)nc(Cl)c1. The van der Waals surface area contributed by atoms with Gasteiger partial charge in [-0.25, -0.2) is 4.98 Å². The summed E-state index contributed by atoms with van der Waals surface area (Å²) in [5, 5.41) is 8.78. The van der Waals surface area contributed by atoms with Gasteiger partial charge in [0.2, 0.25) is 0 Å². The zero-order valence-corrected chi connectivity index (χ0v) is 11.1. The fourth-order valence-corrected chi connectivity index (χ4v) is 1.79. The number of rotatable bonds is 4. The van der Waals surface area contributed by atoms with Gasteiger partial charge in [-0.1, -0.05) is 11.6 Å². The lowest BCUT2D eigenvalue weighted by Crippen LogP contribution is -2.37. The van der Waals surface area contributed by atoms with Crippen LogP contribution in [0.25, 0.3) is 0 Å². The molecule has 0 aliphatic heterocycles. The van der Waals surface area contributed by atoms with E-state index in [2.05, 4.69) is 4.98 Å². The number of nitrogens with two attached hydrogens (primary N) is 1. The smallest absolute Gasteiger partial charge is 0.254 e. The highest BCUT2D eigenvalue weighted by atomic mass is 35.5. The van der Waals surface area contributed by atoms with E-state index in [9.17, 15) is 4.79 Å². The predicted octanol–water partition coefficient (Wildman–Crippen LogP) is 2.08. The van der Waals surface area contributed by atoms with Crippen LogP contribution >= 0.6 is 11.6 Å². The summed E-state index contributed by atoms with van der Waals surface area (Å²) in [6, 6.07) is 4.98. The van der Waals surface area contributed by atoms with Gasteiger partial charge in [-0.2, -0.15) is 5.26 Å². The van der Waals surface area contributed by atoms with Crippen molar-refractivity contribution in [3.05, 3.63) is 22.8 Å². The molecule has 96 valence electrons. The minimum absolute atomic E-state index is 0.000912. The van der Waals surface area contributed by atoms with Gasteiger partial charge in [-0.05, 0) is 26.0 Å². The van der Waals surface area contributed by atoms with Crippen molar-refractivity contribution in [1.29, 1.82) is 5.26 Å². The molecule has 0 spiro atoms. The van der Waals surface area contributed by atoms with Crippen molar-refractivity contribution in [2.45, 2.75) is 26.3 Å². The summed E-state index contributed by atoms with van der Waals surface area (Å²) in [6.45, 7) is 4.16. The van der Waals surface area contributed by atoms with Crippen LogP contribution in [-0.2, 0) is 0 Å². The lowest BCUT2D eigenvalue weighted by Gasteiger charge is -2.26. The molecule has 18 heavy (non-hydrogen) atoms. The van der Waals surface area contributed by atoms with Crippen LogP contribution in [0.1, 0.15) is 30.6 Å². The normalized spacial score (nSPS) is 10.2. The summed E-state index contributed by atoms with van der Waals surface area (Å²) in [6.07, 6.45) is 0.290. The Morgan fingerprint density at radius 3 is 2.78 bits per heavy atom. The molecule has 1 rings (SSSR count). The largest absolute Gasteiger partial charge is 0.384 e. The number of nitriles is 1. The van der Waals surface area contributed by atoms with Crippen LogP contribution in [0.4, 0.5) is 5.82 Å². The minimum Gasteiger partial charge on any atom is -0.384 e. The second kappa shape index (κ2) is 6.22. The standard InChI is InChI=1S/C12H15ClN4O/c1-8(2)17(5-3-4-14)12(18)9-6-10(13)16-11(15)7-9/h6-8H,3,5H2,1-2H3,(H2,15,16). The first-order valence-corrected chi connectivity index (χ1v) is 5.94. The van der Waals surface area contributed by atoms with E-state index in [4.69, 9.17) is 22.6 Å². The Kier molecular flexibility index (Phi) is 4.93. The number of nitrogens with zero attached hydrogens (tertiary/aromatic N) is 3. The van der Waals surface area contributed by atoms with Gasteiger partial charge in [0.25, 0.3) is 5.91 Å². The van der Waals surface area contributed by atoms with E-state index in [-0.39, 0.29) is 29.3 Å². The van der Waals surface area contributed by atoms with E-state index in [1.54, 1.807) is 4.90 Å². The number of amides is 1. The summed E-state index contributed by atoms with van der Waals surface area (Å²) in [5.74, 6) is 0.00564. The van der Waals surface area contributed by atoms with Crippen LogP contribution < -0.4 is 5.73 Å². The molecule has 0 aromatic carbocycles. The Morgan fingerprint density at radius 2 is 2.28 bits per heavy atom. The molecule has 6 heteroatoms. The van der Waals surface area contributed by atoms with Crippen LogP contribution in [0.3, 0.4) is 0 Å². The van der Waals surface area contributed by atoms with Crippen LogP contribution in [0.2, 0.25) is 5.15 Å². The van der Waals surface area contributed by atoms with Gasteiger partial charge in [-0.15, -0.1) is 0 Å². The Labute approximate surface area is 111 Å². The molecule has 0 aliphatic carbocycles. The number of nitrogen functional groups attached to an aromatic ring is 1. The molecule has 0 radical (unpaired) electrons. The molecule has 1 heterocycles. The molecule has 1 amide bonds. The molecule has 1 aromatic rings. The Hall–Kier alpha value is -1.80. The lowest BCUT2D eigenvalue weighted by atomic mass is 10.2. The van der Waals surface area contributed by atoms with Gasteiger partial charge in [-0.3, -0.25) is 4.79 Å². The van der Waals surface area contributed by atoms with E-state index >= 15 is 0 Å². The van der Waals surface area contributed by atoms with Crippen molar-refractivity contribution in [1.82, 2.24) is 9.88 Å². The van der Waals surface area contributed by atoms with Crippen molar-refractivity contribution in [3.8, 4) is 6.07 Å². The van der Waals surface area contributed by atoms with E-state index in [1.807, 2.05) is 19.9 Å². The maximum absolute atomic E-state index is 12.3. The molecule has 0 unspecified atom stereocenters. The third-order valence-electron chi connectivity index (χ3n) is 2.41. The zero-order chi connectivity index (χ0) is 13.7. The van der Waals surface area contributed by atoms with Crippen molar-refractivity contribution >= 4 is 23.3 Å². The van der Waals surface area contributed by atoms with Gasteiger partial charge in [0, 0.05) is 18.2 Å². The van der Waals surface area contributed by atoms with Gasteiger partial charge >= 0.3 is 0 Å². The molecule has 0 bridgehead atoms. The third kappa shape index (κ3) is 3.60. The second-order valence-electron chi connectivity index (χ2n) is 4.10. The van der Waals surface area contributed by atoms with E-state index in [0.29, 0.717) is 12.1 Å². The van der Waals surface area contributed by atoms with Crippen LogP contribution in [0.15, 0.2) is 12.1 Å². The minimum atomic E-state index is -0.198. The number of anilines is 1. The number of pyridine rings is 1. The summed E-state index contributed by atoms with van der Waals surface area (Å²) in [5.41, 5.74) is 5.94. The van der Waals surface area contributed by atoms with Gasteiger partial charge in [0.1, 0.15) is 11.0 Å². The molecule has 0 saturated heterocycles. The van der Waals surface area contributed by atoms with Crippen LogP contribution in [0, 0.1) is 11.3 Å². The average Bonchev–Trinajstić information content (AvgIpc) is 2.27. The van der Waals surface area contributed by atoms with Crippen molar-refractivity contribution in [2.24, 2.45) is 0 Å². The quantitative estimate of drug-likeness (QED) is 0.846. The number of carbonyl (C=O) groups excluding carboxylic acids is 1. The lowest BCUT2D eigenvalue weighted by molar-refractivity contribution is 0.0710. The number of hydrogen-bond donors (Lipinski definition) is 1. The van der Waals surface area contributed by atoms with Crippen molar-refractivity contribution in [2.75, 3.05) is 12.3 Å². The Bertz CT molecular complexity index is 461. The highest BCUT2D eigenvalue weighted by Crippen LogP contribution is 2.15. The van der Waals surface area contributed by atoms with E-state index in [0.717, 1.165) is 0 Å². The first-order valence-electron chi connectivity index (χ1n) is 5.56. The maximum atomic E-state index is 12.3. The molecule has 2 N–H and O–H groups in total. The monoisotopic (exact) mass is 266 g/mol. The van der Waals surface area contributed by atoms with Gasteiger partial charge in [0.05, 0.1) is 12.5 Å². The topological polar surface area (TPSA) is 83.0 Å². The van der Waals surface area contributed by atoms with Crippen LogP contribution in [0.5, 0.6) is 0 Å². The third-order valence-corrected chi connectivity index (χ3v) is 2.60.